The van der Waals surface area contributed by atoms with Crippen LogP contribution in [0.3, 0.4) is 0 Å². The van der Waals surface area contributed by atoms with Crippen molar-refractivity contribution in [1.29, 1.82) is 0 Å². The van der Waals surface area contributed by atoms with E-state index in [1.165, 1.54) is 30.3 Å². The summed E-state index contributed by atoms with van der Waals surface area (Å²) in [6.07, 6.45) is 1.25. The lowest BCUT2D eigenvalue weighted by Crippen LogP contribution is -2.37. The van der Waals surface area contributed by atoms with Gasteiger partial charge in [-0.1, -0.05) is 12.1 Å². The third kappa shape index (κ3) is 2.10. The van der Waals surface area contributed by atoms with Crippen molar-refractivity contribution in [2.45, 2.75) is 24.8 Å². The summed E-state index contributed by atoms with van der Waals surface area (Å²) in [5.41, 5.74) is 7.09. The molecule has 0 aromatic heterocycles. The van der Waals surface area contributed by atoms with E-state index in [0.29, 0.717) is 12.8 Å². The Bertz CT molecular complexity index is 649. The fraction of sp³-hybridized carbons (Fsp3) is 0.250. The fourth-order valence-electron chi connectivity index (χ4n) is 2.95. The number of hydrogen-bond acceptors (Lipinski definition) is 1. The highest BCUT2D eigenvalue weighted by atomic mass is 19.1. The minimum atomic E-state index is -0.841. The van der Waals surface area contributed by atoms with Crippen LogP contribution in [0.5, 0.6) is 0 Å². The fourth-order valence-corrected chi connectivity index (χ4v) is 2.95. The van der Waals surface area contributed by atoms with Gasteiger partial charge in [0.25, 0.3) is 0 Å². The van der Waals surface area contributed by atoms with Crippen molar-refractivity contribution in [3.05, 3.63) is 70.5 Å². The van der Waals surface area contributed by atoms with Gasteiger partial charge in [0.2, 0.25) is 0 Å². The molecule has 1 unspecified atom stereocenters. The topological polar surface area (TPSA) is 26.0 Å². The van der Waals surface area contributed by atoms with Gasteiger partial charge in [0, 0.05) is 17.5 Å². The molecular weight excluding hydrogens is 263 g/mol. The first-order chi connectivity index (χ1) is 9.49. The average Bonchev–Trinajstić information content (AvgIpc) is 2.72. The monoisotopic (exact) mass is 277 g/mol. The number of rotatable bonds is 2. The molecule has 0 radical (unpaired) electrons. The summed E-state index contributed by atoms with van der Waals surface area (Å²) < 4.78 is 40.7. The zero-order valence-electron chi connectivity index (χ0n) is 10.8. The first-order valence-corrected chi connectivity index (χ1v) is 6.50. The van der Waals surface area contributed by atoms with Crippen molar-refractivity contribution in [3.63, 3.8) is 0 Å². The van der Waals surface area contributed by atoms with E-state index in [-0.39, 0.29) is 17.8 Å². The Balaban J connectivity index is 2.00. The van der Waals surface area contributed by atoms with Crippen LogP contribution in [0.4, 0.5) is 13.2 Å². The molecule has 2 N–H and O–H groups in total. The Morgan fingerprint density at radius 1 is 1.05 bits per heavy atom. The van der Waals surface area contributed by atoms with Crippen LogP contribution in [-0.2, 0) is 18.4 Å². The van der Waals surface area contributed by atoms with Crippen molar-refractivity contribution in [3.8, 4) is 0 Å². The molecule has 2 aromatic carbocycles. The van der Waals surface area contributed by atoms with Gasteiger partial charge in [-0.15, -0.1) is 0 Å². The molecular formula is C16H14F3N. The van der Waals surface area contributed by atoms with Gasteiger partial charge < -0.3 is 5.73 Å². The van der Waals surface area contributed by atoms with Crippen LogP contribution in [0.1, 0.15) is 23.1 Å². The Hall–Kier alpha value is -1.81. The largest absolute Gasteiger partial charge is 0.321 e. The van der Waals surface area contributed by atoms with E-state index in [2.05, 4.69) is 0 Å². The van der Waals surface area contributed by atoms with Crippen LogP contribution in [-0.4, -0.2) is 0 Å². The third-order valence-corrected chi connectivity index (χ3v) is 4.00. The third-order valence-electron chi connectivity index (χ3n) is 4.00. The van der Waals surface area contributed by atoms with E-state index < -0.39 is 17.2 Å². The smallest absolute Gasteiger partial charge is 0.129 e. The molecule has 3 rings (SSSR count). The van der Waals surface area contributed by atoms with E-state index >= 15 is 0 Å². The number of halogens is 3. The summed E-state index contributed by atoms with van der Waals surface area (Å²) >= 11 is 0. The summed E-state index contributed by atoms with van der Waals surface area (Å²) in [4.78, 5) is 0. The quantitative estimate of drug-likeness (QED) is 0.894. The zero-order chi connectivity index (χ0) is 14.3. The van der Waals surface area contributed by atoms with Gasteiger partial charge in [-0.05, 0) is 48.2 Å². The Morgan fingerprint density at radius 3 is 2.45 bits per heavy atom. The van der Waals surface area contributed by atoms with Gasteiger partial charge >= 0.3 is 0 Å². The number of aryl methyl sites for hydroxylation is 1. The van der Waals surface area contributed by atoms with Crippen molar-refractivity contribution in [2.24, 2.45) is 5.73 Å². The first kappa shape index (κ1) is 13.2. The molecule has 104 valence electrons. The molecule has 1 aliphatic rings. The lowest BCUT2D eigenvalue weighted by Gasteiger charge is -2.26. The predicted octanol–water partition coefficient (Wildman–Crippen LogP) is 3.45. The molecule has 4 heteroatoms. The van der Waals surface area contributed by atoms with Gasteiger partial charge in [-0.2, -0.15) is 0 Å². The summed E-state index contributed by atoms with van der Waals surface area (Å²) in [6.45, 7) is 0. The minimum absolute atomic E-state index is 0.00725. The lowest BCUT2D eigenvalue weighted by molar-refractivity contribution is 0.416. The van der Waals surface area contributed by atoms with E-state index in [4.69, 9.17) is 5.73 Å². The van der Waals surface area contributed by atoms with Crippen LogP contribution in [0, 0.1) is 17.5 Å². The molecule has 0 saturated carbocycles. The van der Waals surface area contributed by atoms with Crippen LogP contribution >= 0.6 is 0 Å². The second kappa shape index (κ2) is 4.63. The second-order valence-electron chi connectivity index (χ2n) is 5.33. The maximum Gasteiger partial charge on any atom is 0.129 e. The molecule has 0 aliphatic heterocycles. The first-order valence-electron chi connectivity index (χ1n) is 6.50. The molecule has 0 amide bonds. The number of benzene rings is 2. The number of hydrogen-bond donors (Lipinski definition) is 1. The maximum atomic E-state index is 13.8. The van der Waals surface area contributed by atoms with E-state index in [1.54, 1.807) is 6.07 Å². The summed E-state index contributed by atoms with van der Waals surface area (Å²) in [5, 5.41) is 0. The van der Waals surface area contributed by atoms with Gasteiger partial charge in [-0.25, -0.2) is 13.2 Å². The second-order valence-corrected chi connectivity index (χ2v) is 5.33. The number of nitrogens with two attached hydrogens (primary N) is 1. The molecule has 1 atom stereocenters. The zero-order valence-corrected chi connectivity index (χ0v) is 10.8. The summed E-state index contributed by atoms with van der Waals surface area (Å²) in [7, 11) is 0. The van der Waals surface area contributed by atoms with E-state index in [9.17, 15) is 13.2 Å². The summed E-state index contributed by atoms with van der Waals surface area (Å²) in [5.74, 6) is -1.50. The lowest BCUT2D eigenvalue weighted by atomic mass is 9.86. The van der Waals surface area contributed by atoms with Crippen LogP contribution in [0.15, 0.2) is 36.4 Å². The Labute approximate surface area is 115 Å². The average molecular weight is 277 g/mol. The molecule has 1 nitrogen and oxygen atoms in total. The Morgan fingerprint density at radius 2 is 1.75 bits per heavy atom. The predicted molar refractivity (Wildman–Crippen MR) is 70.6 cm³/mol. The standard InChI is InChI=1S/C16H14F3N/c17-11-4-5-13-10(8-11)6-7-16(13,20)9-12-14(18)2-1-3-15(12)19/h1-5,8H,6-7,9,20H2. The van der Waals surface area contributed by atoms with Gasteiger partial charge in [0.05, 0.1) is 0 Å². The Kier molecular flexibility index (Phi) is 3.05. The molecule has 0 bridgehead atoms. The van der Waals surface area contributed by atoms with Crippen molar-refractivity contribution in [2.75, 3.05) is 0 Å². The molecule has 0 spiro atoms. The van der Waals surface area contributed by atoms with Crippen molar-refractivity contribution in [1.82, 2.24) is 0 Å². The molecule has 2 aromatic rings. The van der Waals surface area contributed by atoms with Crippen LogP contribution in [0.2, 0.25) is 0 Å². The minimum Gasteiger partial charge on any atom is -0.321 e. The van der Waals surface area contributed by atoms with Crippen LogP contribution < -0.4 is 5.73 Å². The highest BCUT2D eigenvalue weighted by molar-refractivity contribution is 5.40. The normalized spacial score (nSPS) is 21.0. The number of fused-ring (bicyclic) bond motifs is 1. The van der Waals surface area contributed by atoms with Gasteiger partial charge in [-0.3, -0.25) is 0 Å². The molecule has 1 aliphatic carbocycles. The molecule has 0 saturated heterocycles. The molecule has 0 fully saturated rings. The van der Waals surface area contributed by atoms with Gasteiger partial charge in [0.15, 0.2) is 0 Å². The SMILES string of the molecule is NC1(Cc2c(F)cccc2F)CCc2cc(F)ccc21. The maximum absolute atomic E-state index is 13.8. The van der Waals surface area contributed by atoms with Crippen LogP contribution in [0.25, 0.3) is 0 Å². The highest BCUT2D eigenvalue weighted by Gasteiger charge is 2.36. The molecule has 0 heterocycles. The van der Waals surface area contributed by atoms with Gasteiger partial charge in [0.1, 0.15) is 17.5 Å². The van der Waals surface area contributed by atoms with Crippen molar-refractivity contribution >= 4 is 0 Å². The molecule has 20 heavy (non-hydrogen) atoms. The van der Waals surface area contributed by atoms with Crippen molar-refractivity contribution < 1.29 is 13.2 Å². The van der Waals surface area contributed by atoms with E-state index in [0.717, 1.165) is 11.1 Å². The highest BCUT2D eigenvalue weighted by Crippen LogP contribution is 2.38. The van der Waals surface area contributed by atoms with E-state index in [1.807, 2.05) is 0 Å². The summed E-state index contributed by atoms with van der Waals surface area (Å²) in [6, 6.07) is 8.18.